The molecule has 5 nitrogen and oxygen atoms in total. The second-order valence-electron chi connectivity index (χ2n) is 7.08. The second kappa shape index (κ2) is 8.64. The topological polar surface area (TPSA) is 45.1 Å². The molecule has 2 aliphatic heterocycles. The number of carbonyl (C=O) groups excluding carboxylic acids is 1. The van der Waals surface area contributed by atoms with Crippen molar-refractivity contribution in [2.24, 2.45) is 5.16 Å². The van der Waals surface area contributed by atoms with E-state index in [0.717, 1.165) is 40.4 Å². The van der Waals surface area contributed by atoms with Gasteiger partial charge in [0.1, 0.15) is 0 Å². The Morgan fingerprint density at radius 3 is 2.68 bits per heavy atom. The lowest BCUT2D eigenvalue weighted by Gasteiger charge is -2.35. The number of oxime groups is 1. The molecule has 1 saturated heterocycles. The minimum Gasteiger partial charge on any atom is -0.382 e. The van der Waals surface area contributed by atoms with E-state index in [1.54, 1.807) is 0 Å². The van der Waals surface area contributed by atoms with Crippen LogP contribution in [-0.2, 0) is 16.2 Å². The van der Waals surface area contributed by atoms with Gasteiger partial charge in [0.25, 0.3) is 5.91 Å². The van der Waals surface area contributed by atoms with Crippen molar-refractivity contribution in [2.45, 2.75) is 19.1 Å². The molecule has 28 heavy (non-hydrogen) atoms. The first-order valence-corrected chi connectivity index (χ1v) is 10.5. The van der Waals surface area contributed by atoms with E-state index in [1.165, 1.54) is 5.56 Å². The molecule has 0 aromatic heterocycles. The Hall–Kier alpha value is -1.89. The van der Waals surface area contributed by atoms with Crippen LogP contribution in [0, 0.1) is 0 Å². The molecule has 1 amide bonds. The predicted molar refractivity (Wildman–Crippen MR) is 113 cm³/mol. The molecule has 0 aliphatic carbocycles. The van der Waals surface area contributed by atoms with Crippen molar-refractivity contribution in [1.82, 2.24) is 9.80 Å². The first-order chi connectivity index (χ1) is 13.6. The highest BCUT2D eigenvalue weighted by molar-refractivity contribution is 9.10. The number of piperazine rings is 1. The highest BCUT2D eigenvalue weighted by Crippen LogP contribution is 2.22. The third kappa shape index (κ3) is 4.57. The van der Waals surface area contributed by atoms with Crippen molar-refractivity contribution in [3.05, 3.63) is 69.2 Å². The zero-order chi connectivity index (χ0) is 19.5. The Morgan fingerprint density at radius 1 is 1.14 bits per heavy atom. The fourth-order valence-corrected chi connectivity index (χ4v) is 4.18. The molecule has 1 unspecified atom stereocenters. The zero-order valence-electron chi connectivity index (χ0n) is 15.4. The molecule has 2 aromatic carbocycles. The standard InChI is InChI=1S/C21H21BrClN3O2/c22-17-5-2-4-16(12-17)19-13-20(28-24-19)21(27)26-9-7-25(8-10-26)14-15-3-1-6-18(23)11-15/h1-6,11-12,20H,7-10,13-14H2. The maximum atomic E-state index is 12.8. The number of hydrogen-bond donors (Lipinski definition) is 0. The summed E-state index contributed by atoms with van der Waals surface area (Å²) in [5.41, 5.74) is 2.99. The second-order valence-corrected chi connectivity index (χ2v) is 8.43. The summed E-state index contributed by atoms with van der Waals surface area (Å²) in [6.07, 6.45) is -0.00802. The third-order valence-electron chi connectivity index (χ3n) is 5.08. The highest BCUT2D eigenvalue weighted by Gasteiger charge is 2.33. The highest BCUT2D eigenvalue weighted by atomic mass is 79.9. The van der Waals surface area contributed by atoms with Crippen LogP contribution in [-0.4, -0.2) is 53.7 Å². The van der Waals surface area contributed by atoms with Crippen molar-refractivity contribution in [3.8, 4) is 0 Å². The fourth-order valence-electron chi connectivity index (χ4n) is 3.57. The molecule has 2 aromatic rings. The molecule has 2 heterocycles. The van der Waals surface area contributed by atoms with Gasteiger partial charge in [-0.15, -0.1) is 0 Å². The summed E-state index contributed by atoms with van der Waals surface area (Å²) in [5.74, 6) is 0.0242. The van der Waals surface area contributed by atoms with Crippen LogP contribution in [0.4, 0.5) is 0 Å². The van der Waals surface area contributed by atoms with Gasteiger partial charge < -0.3 is 9.74 Å². The SMILES string of the molecule is O=C(C1CC(c2cccc(Br)c2)=NO1)N1CCN(Cc2cccc(Cl)c2)CC1. The number of nitrogens with zero attached hydrogens (tertiary/aromatic N) is 3. The van der Waals surface area contributed by atoms with Gasteiger partial charge in [0.15, 0.2) is 0 Å². The van der Waals surface area contributed by atoms with Gasteiger partial charge in [0, 0.05) is 54.2 Å². The first-order valence-electron chi connectivity index (χ1n) is 9.33. The Labute approximate surface area is 178 Å². The fraction of sp³-hybridized carbons (Fsp3) is 0.333. The Bertz CT molecular complexity index is 897. The number of carbonyl (C=O) groups is 1. The van der Waals surface area contributed by atoms with Crippen LogP contribution in [0.25, 0.3) is 0 Å². The molecular weight excluding hydrogens is 442 g/mol. The van der Waals surface area contributed by atoms with E-state index in [2.05, 4.69) is 32.1 Å². The van der Waals surface area contributed by atoms with Gasteiger partial charge in [0.2, 0.25) is 6.10 Å². The maximum absolute atomic E-state index is 12.8. The van der Waals surface area contributed by atoms with Gasteiger partial charge in [-0.3, -0.25) is 9.69 Å². The number of halogens is 2. The average molecular weight is 463 g/mol. The molecule has 0 N–H and O–H groups in total. The zero-order valence-corrected chi connectivity index (χ0v) is 17.7. The normalized spacial score (nSPS) is 20.0. The molecule has 1 atom stereocenters. The molecule has 2 aliphatic rings. The van der Waals surface area contributed by atoms with Crippen molar-refractivity contribution in [1.29, 1.82) is 0 Å². The number of hydrogen-bond acceptors (Lipinski definition) is 4. The third-order valence-corrected chi connectivity index (χ3v) is 5.81. The summed E-state index contributed by atoms with van der Waals surface area (Å²) in [6.45, 7) is 3.92. The van der Waals surface area contributed by atoms with E-state index < -0.39 is 6.10 Å². The molecule has 0 radical (unpaired) electrons. The summed E-state index contributed by atoms with van der Waals surface area (Å²) >= 11 is 9.53. The van der Waals surface area contributed by atoms with Crippen LogP contribution in [0.3, 0.4) is 0 Å². The van der Waals surface area contributed by atoms with Crippen LogP contribution >= 0.6 is 27.5 Å². The van der Waals surface area contributed by atoms with Crippen LogP contribution in [0.1, 0.15) is 17.5 Å². The van der Waals surface area contributed by atoms with Crippen LogP contribution < -0.4 is 0 Å². The Kier molecular flexibility index (Phi) is 5.99. The maximum Gasteiger partial charge on any atom is 0.266 e. The van der Waals surface area contributed by atoms with E-state index in [0.29, 0.717) is 19.5 Å². The molecular formula is C21H21BrClN3O2. The van der Waals surface area contributed by atoms with Crippen molar-refractivity contribution < 1.29 is 9.63 Å². The van der Waals surface area contributed by atoms with Crippen LogP contribution in [0.15, 0.2) is 58.2 Å². The summed E-state index contributed by atoms with van der Waals surface area (Å²) in [7, 11) is 0. The van der Waals surface area contributed by atoms with Crippen molar-refractivity contribution in [2.75, 3.05) is 26.2 Å². The number of benzene rings is 2. The van der Waals surface area contributed by atoms with Gasteiger partial charge in [-0.25, -0.2) is 0 Å². The largest absolute Gasteiger partial charge is 0.382 e. The van der Waals surface area contributed by atoms with Gasteiger partial charge in [-0.2, -0.15) is 0 Å². The molecule has 0 bridgehead atoms. The predicted octanol–water partition coefficient (Wildman–Crippen LogP) is 3.94. The minimum absolute atomic E-state index is 0.0242. The summed E-state index contributed by atoms with van der Waals surface area (Å²) in [4.78, 5) is 22.5. The lowest BCUT2D eigenvalue weighted by Crippen LogP contribution is -2.51. The minimum atomic E-state index is -0.520. The smallest absolute Gasteiger partial charge is 0.266 e. The molecule has 0 spiro atoms. The van der Waals surface area contributed by atoms with Gasteiger partial charge in [0.05, 0.1) is 5.71 Å². The lowest BCUT2D eigenvalue weighted by molar-refractivity contribution is -0.143. The lowest BCUT2D eigenvalue weighted by atomic mass is 10.0. The summed E-state index contributed by atoms with van der Waals surface area (Å²) in [6, 6.07) is 15.8. The van der Waals surface area contributed by atoms with E-state index in [9.17, 15) is 4.79 Å². The molecule has 7 heteroatoms. The van der Waals surface area contributed by atoms with Crippen molar-refractivity contribution >= 4 is 39.1 Å². The van der Waals surface area contributed by atoms with Gasteiger partial charge in [-0.1, -0.05) is 57.0 Å². The quantitative estimate of drug-likeness (QED) is 0.691. The summed E-state index contributed by atoms with van der Waals surface area (Å²) in [5, 5.41) is 4.90. The molecule has 4 rings (SSSR count). The molecule has 146 valence electrons. The van der Waals surface area contributed by atoms with E-state index >= 15 is 0 Å². The van der Waals surface area contributed by atoms with Gasteiger partial charge in [-0.05, 0) is 29.8 Å². The van der Waals surface area contributed by atoms with E-state index in [4.69, 9.17) is 16.4 Å². The summed E-state index contributed by atoms with van der Waals surface area (Å²) < 4.78 is 0.985. The van der Waals surface area contributed by atoms with E-state index in [-0.39, 0.29) is 5.91 Å². The molecule has 1 fully saturated rings. The van der Waals surface area contributed by atoms with Crippen LogP contribution in [0.2, 0.25) is 5.02 Å². The Morgan fingerprint density at radius 2 is 1.93 bits per heavy atom. The first kappa shape index (κ1) is 19.4. The van der Waals surface area contributed by atoms with Crippen LogP contribution in [0.5, 0.6) is 0 Å². The number of amides is 1. The van der Waals surface area contributed by atoms with E-state index in [1.807, 2.05) is 47.4 Å². The van der Waals surface area contributed by atoms with Gasteiger partial charge >= 0.3 is 0 Å². The monoisotopic (exact) mass is 461 g/mol. The molecule has 0 saturated carbocycles. The van der Waals surface area contributed by atoms with Crippen molar-refractivity contribution in [3.63, 3.8) is 0 Å². The Balaban J connectivity index is 1.29. The number of rotatable bonds is 4. The average Bonchev–Trinajstić information content (AvgIpc) is 3.18.